The van der Waals surface area contributed by atoms with Crippen molar-refractivity contribution in [3.05, 3.63) is 54.6 Å². The Labute approximate surface area is 139 Å². The third-order valence-corrected chi connectivity index (χ3v) is 2.91. The van der Waals surface area contributed by atoms with E-state index >= 15 is 0 Å². The van der Waals surface area contributed by atoms with Crippen LogP contribution in [0.1, 0.15) is 12.5 Å². The van der Waals surface area contributed by atoms with Crippen molar-refractivity contribution in [3.8, 4) is 0 Å². The van der Waals surface area contributed by atoms with Gasteiger partial charge in [0.1, 0.15) is 12.1 Å². The maximum atomic E-state index is 10.4. The van der Waals surface area contributed by atoms with Crippen LogP contribution in [-0.4, -0.2) is 44.2 Å². The third-order valence-electron chi connectivity index (χ3n) is 2.91. The van der Waals surface area contributed by atoms with Gasteiger partial charge in [-0.1, -0.05) is 6.07 Å². The molecular weight excluding hydrogens is 312 g/mol. The van der Waals surface area contributed by atoms with E-state index in [-0.39, 0.29) is 0 Å². The molecule has 0 spiro atoms. The summed E-state index contributed by atoms with van der Waals surface area (Å²) in [6.45, 7) is 1.58. The van der Waals surface area contributed by atoms with Crippen LogP contribution in [0, 0.1) is 0 Å². The fourth-order valence-electron chi connectivity index (χ4n) is 1.62. The number of carboxylic acid groups (broad SMARTS) is 2. The molecule has 0 aliphatic heterocycles. The molecule has 2 aromatic heterocycles. The lowest BCUT2D eigenvalue weighted by Crippen LogP contribution is -2.32. The van der Waals surface area contributed by atoms with Crippen LogP contribution in [-0.2, 0) is 16.0 Å². The molecule has 0 bridgehead atoms. The van der Waals surface area contributed by atoms with E-state index in [1.165, 1.54) is 0 Å². The fourth-order valence-corrected chi connectivity index (χ4v) is 1.62. The normalized spacial score (nSPS) is 12.2. The van der Waals surface area contributed by atoms with E-state index in [0.717, 1.165) is 5.56 Å². The van der Waals surface area contributed by atoms with Gasteiger partial charge in [0, 0.05) is 24.8 Å². The molecule has 0 saturated carbocycles. The summed E-state index contributed by atoms with van der Waals surface area (Å²) >= 11 is 0. The number of pyridine rings is 2. The van der Waals surface area contributed by atoms with Crippen LogP contribution in [0.4, 0.5) is 5.69 Å². The van der Waals surface area contributed by atoms with Gasteiger partial charge >= 0.3 is 11.9 Å². The minimum absolute atomic E-state index is 0.323. The largest absolute Gasteiger partial charge is 0.480 e. The molecule has 2 heterocycles. The van der Waals surface area contributed by atoms with Crippen LogP contribution >= 0.6 is 0 Å². The topological polar surface area (TPSA) is 138 Å². The SMILES string of the molecule is C[C@H](Nc1cccnc1)C(=O)O.N[C@H](Cc1cccnc1)C(=O)O. The number of carboxylic acids is 2. The van der Waals surface area contributed by atoms with Gasteiger partial charge in [-0.3, -0.25) is 19.6 Å². The van der Waals surface area contributed by atoms with Crippen molar-refractivity contribution in [1.29, 1.82) is 0 Å². The predicted octanol–water partition coefficient (Wildman–Crippen LogP) is 1.00. The van der Waals surface area contributed by atoms with Crippen molar-refractivity contribution in [3.63, 3.8) is 0 Å². The summed E-state index contributed by atoms with van der Waals surface area (Å²) in [5.41, 5.74) is 6.88. The van der Waals surface area contributed by atoms with Gasteiger partial charge < -0.3 is 21.3 Å². The van der Waals surface area contributed by atoms with Crippen molar-refractivity contribution in [2.24, 2.45) is 5.73 Å². The standard InChI is InChI=1S/2C8H10N2O2/c1-6(8(11)12)10-7-3-2-4-9-5-7;9-7(8(11)12)4-6-2-1-3-10-5-6/h2-6,10H,1H3,(H,11,12);1-3,5,7H,4,9H2,(H,11,12)/t6-;7-/m01/s1. The number of hydrogen-bond donors (Lipinski definition) is 4. The molecule has 0 radical (unpaired) electrons. The highest BCUT2D eigenvalue weighted by atomic mass is 16.4. The molecule has 8 heteroatoms. The molecule has 8 nitrogen and oxygen atoms in total. The molecule has 2 aromatic rings. The van der Waals surface area contributed by atoms with Crippen LogP contribution < -0.4 is 11.1 Å². The number of anilines is 1. The molecule has 2 rings (SSSR count). The van der Waals surface area contributed by atoms with Crippen LogP contribution in [0.25, 0.3) is 0 Å². The molecule has 0 fully saturated rings. The highest BCUT2D eigenvalue weighted by molar-refractivity contribution is 5.76. The van der Waals surface area contributed by atoms with Gasteiger partial charge in [0.15, 0.2) is 0 Å². The minimum atomic E-state index is -0.987. The zero-order chi connectivity index (χ0) is 17.9. The van der Waals surface area contributed by atoms with Crippen molar-refractivity contribution in [2.45, 2.75) is 25.4 Å². The second-order valence-electron chi connectivity index (χ2n) is 4.96. The average Bonchev–Trinajstić information content (AvgIpc) is 2.57. The smallest absolute Gasteiger partial charge is 0.325 e. The summed E-state index contributed by atoms with van der Waals surface area (Å²) in [6, 6.07) is 5.65. The minimum Gasteiger partial charge on any atom is -0.480 e. The quantitative estimate of drug-likeness (QED) is 0.614. The van der Waals surface area contributed by atoms with Crippen molar-refractivity contribution >= 4 is 17.6 Å². The van der Waals surface area contributed by atoms with Gasteiger partial charge in [-0.15, -0.1) is 0 Å². The summed E-state index contributed by atoms with van der Waals surface area (Å²) in [4.78, 5) is 28.5. The second-order valence-corrected chi connectivity index (χ2v) is 4.96. The Kier molecular flexibility index (Phi) is 7.86. The predicted molar refractivity (Wildman–Crippen MR) is 88.5 cm³/mol. The molecule has 5 N–H and O–H groups in total. The molecule has 128 valence electrons. The van der Waals surface area contributed by atoms with Gasteiger partial charge in [0.2, 0.25) is 0 Å². The van der Waals surface area contributed by atoms with Crippen LogP contribution in [0.15, 0.2) is 49.1 Å². The number of nitrogens with two attached hydrogens (primary N) is 1. The first-order valence-electron chi connectivity index (χ1n) is 7.16. The molecule has 0 saturated heterocycles. The molecule has 0 aliphatic rings. The molecule has 0 aromatic carbocycles. The van der Waals surface area contributed by atoms with E-state index in [4.69, 9.17) is 15.9 Å². The summed E-state index contributed by atoms with van der Waals surface area (Å²) in [5, 5.41) is 19.8. The molecule has 24 heavy (non-hydrogen) atoms. The van der Waals surface area contributed by atoms with E-state index in [0.29, 0.717) is 12.1 Å². The number of rotatable bonds is 6. The molecule has 2 atom stereocenters. The van der Waals surface area contributed by atoms with Crippen molar-refractivity contribution in [2.75, 3.05) is 5.32 Å². The highest BCUT2D eigenvalue weighted by Gasteiger charge is 2.11. The lowest BCUT2D eigenvalue weighted by atomic mass is 10.1. The number of hydrogen-bond acceptors (Lipinski definition) is 6. The van der Waals surface area contributed by atoms with Crippen LogP contribution in [0.3, 0.4) is 0 Å². The second kappa shape index (κ2) is 9.90. The van der Waals surface area contributed by atoms with E-state index in [1.54, 1.807) is 56.0 Å². The summed E-state index contributed by atoms with van der Waals surface area (Å²) < 4.78 is 0. The third kappa shape index (κ3) is 7.32. The summed E-state index contributed by atoms with van der Waals surface area (Å²) in [6.07, 6.45) is 6.79. The maximum absolute atomic E-state index is 10.4. The Morgan fingerprint density at radius 2 is 1.75 bits per heavy atom. The summed E-state index contributed by atoms with van der Waals surface area (Å²) in [5.74, 6) is -1.86. The van der Waals surface area contributed by atoms with E-state index in [1.807, 2.05) is 0 Å². The highest BCUT2D eigenvalue weighted by Crippen LogP contribution is 2.04. The summed E-state index contributed by atoms with van der Waals surface area (Å²) in [7, 11) is 0. The number of nitrogens with one attached hydrogen (secondary N) is 1. The lowest BCUT2D eigenvalue weighted by Gasteiger charge is -2.08. The van der Waals surface area contributed by atoms with Gasteiger partial charge in [0.05, 0.1) is 5.69 Å². The zero-order valence-corrected chi connectivity index (χ0v) is 13.2. The van der Waals surface area contributed by atoms with Gasteiger partial charge in [-0.25, -0.2) is 0 Å². The molecular formula is C16H20N4O4. The van der Waals surface area contributed by atoms with Crippen molar-refractivity contribution in [1.82, 2.24) is 9.97 Å². The van der Waals surface area contributed by atoms with Crippen LogP contribution in [0.5, 0.6) is 0 Å². The first kappa shape index (κ1) is 19.0. The lowest BCUT2D eigenvalue weighted by molar-refractivity contribution is -0.139. The molecule has 0 aliphatic carbocycles. The zero-order valence-electron chi connectivity index (χ0n) is 13.2. The van der Waals surface area contributed by atoms with E-state index < -0.39 is 24.0 Å². The van der Waals surface area contributed by atoms with Gasteiger partial charge in [-0.2, -0.15) is 0 Å². The number of nitrogens with zero attached hydrogens (tertiary/aromatic N) is 2. The van der Waals surface area contributed by atoms with E-state index in [9.17, 15) is 9.59 Å². The van der Waals surface area contributed by atoms with Gasteiger partial charge in [0.25, 0.3) is 0 Å². The maximum Gasteiger partial charge on any atom is 0.325 e. The Hall–Kier alpha value is -3.00. The first-order valence-corrected chi connectivity index (χ1v) is 7.16. The van der Waals surface area contributed by atoms with E-state index in [2.05, 4.69) is 15.3 Å². The van der Waals surface area contributed by atoms with Crippen molar-refractivity contribution < 1.29 is 19.8 Å². The Bertz CT molecular complexity index is 580. The number of carbonyl (C=O) groups is 2. The van der Waals surface area contributed by atoms with Crippen LogP contribution in [0.2, 0.25) is 0 Å². The number of aliphatic carboxylic acids is 2. The first-order chi connectivity index (χ1) is 11.4. The molecule has 0 unspecified atom stereocenters. The Morgan fingerprint density at radius 3 is 2.21 bits per heavy atom. The molecule has 0 amide bonds. The Morgan fingerprint density at radius 1 is 1.12 bits per heavy atom. The van der Waals surface area contributed by atoms with Gasteiger partial charge in [-0.05, 0) is 37.1 Å². The Balaban J connectivity index is 0.000000240. The number of aromatic nitrogens is 2. The fraction of sp³-hybridized carbons (Fsp3) is 0.250. The average molecular weight is 332 g/mol. The monoisotopic (exact) mass is 332 g/mol.